The van der Waals surface area contributed by atoms with E-state index in [0.29, 0.717) is 24.1 Å². The van der Waals surface area contributed by atoms with Crippen molar-refractivity contribution < 1.29 is 9.21 Å². The fraction of sp³-hybridized carbons (Fsp3) is 0.435. The third kappa shape index (κ3) is 4.03. The molecule has 0 saturated carbocycles. The molecule has 7 nitrogen and oxygen atoms in total. The van der Waals surface area contributed by atoms with E-state index in [1.807, 2.05) is 30.5 Å². The normalized spacial score (nSPS) is 15.9. The van der Waals surface area contributed by atoms with E-state index in [0.717, 1.165) is 37.4 Å². The zero-order chi connectivity index (χ0) is 21.1. The molecular weight excluding hydrogens is 380 g/mol. The third-order valence-electron chi connectivity index (χ3n) is 5.80. The van der Waals surface area contributed by atoms with Crippen LogP contribution in [0.15, 0.2) is 45.9 Å². The van der Waals surface area contributed by atoms with Gasteiger partial charge < -0.3 is 14.3 Å². The number of hydrogen-bond donors (Lipinski definition) is 1. The van der Waals surface area contributed by atoms with E-state index in [9.17, 15) is 9.59 Å². The van der Waals surface area contributed by atoms with Crippen LogP contribution in [0.25, 0.3) is 11.0 Å². The summed E-state index contributed by atoms with van der Waals surface area (Å²) in [6.45, 7) is 6.83. The van der Waals surface area contributed by atoms with Crippen molar-refractivity contribution in [2.75, 3.05) is 19.6 Å². The van der Waals surface area contributed by atoms with Gasteiger partial charge in [-0.2, -0.15) is 0 Å². The molecule has 3 aromatic rings. The number of pyridine rings is 2. The molecule has 0 aromatic carbocycles. The number of amides is 1. The van der Waals surface area contributed by atoms with Gasteiger partial charge in [-0.3, -0.25) is 14.5 Å². The number of carbonyl (C=O) groups excluding carboxylic acids is 1. The van der Waals surface area contributed by atoms with Gasteiger partial charge in [0.05, 0.1) is 17.7 Å². The molecule has 4 heterocycles. The molecule has 1 saturated heterocycles. The summed E-state index contributed by atoms with van der Waals surface area (Å²) in [6.07, 6.45) is 6.80. The topological polar surface area (TPSA) is 80.4 Å². The van der Waals surface area contributed by atoms with Crippen LogP contribution < -0.4 is 10.7 Å². The molecule has 0 bridgehead atoms. The number of furan rings is 1. The number of aromatic nitrogens is 2. The summed E-state index contributed by atoms with van der Waals surface area (Å²) in [7, 11) is 0. The quantitative estimate of drug-likeness (QED) is 0.677. The van der Waals surface area contributed by atoms with Gasteiger partial charge in [0.25, 0.3) is 5.91 Å². The van der Waals surface area contributed by atoms with E-state index in [1.165, 1.54) is 6.42 Å². The van der Waals surface area contributed by atoms with Gasteiger partial charge in [-0.25, -0.2) is 4.98 Å². The number of fused-ring (bicyclic) bond motifs is 1. The summed E-state index contributed by atoms with van der Waals surface area (Å²) in [5.41, 5.74) is 1.31. The minimum Gasteiger partial charge on any atom is -0.468 e. The molecule has 1 aliphatic rings. The van der Waals surface area contributed by atoms with Gasteiger partial charge >= 0.3 is 0 Å². The molecule has 1 N–H and O–H groups in total. The Morgan fingerprint density at radius 3 is 2.73 bits per heavy atom. The van der Waals surface area contributed by atoms with Crippen LogP contribution >= 0.6 is 0 Å². The van der Waals surface area contributed by atoms with Crippen molar-refractivity contribution in [3.05, 3.63) is 64.0 Å². The molecule has 1 aliphatic heterocycles. The summed E-state index contributed by atoms with van der Waals surface area (Å²) in [4.78, 5) is 32.8. The second-order valence-electron chi connectivity index (χ2n) is 7.82. The predicted octanol–water partition coefficient (Wildman–Crippen LogP) is 3.27. The Kier molecular flexibility index (Phi) is 5.99. The summed E-state index contributed by atoms with van der Waals surface area (Å²) in [5, 5.41) is 3.44. The largest absolute Gasteiger partial charge is 0.468 e. The lowest BCUT2D eigenvalue weighted by molar-refractivity contribution is 0.0912. The molecule has 0 radical (unpaired) electrons. The first kappa shape index (κ1) is 20.3. The Bertz CT molecular complexity index is 1080. The number of aryl methyl sites for hydroxylation is 2. The smallest absolute Gasteiger partial charge is 0.256 e. The number of piperidine rings is 1. The predicted molar refractivity (Wildman–Crippen MR) is 116 cm³/mol. The van der Waals surface area contributed by atoms with Crippen LogP contribution in [-0.2, 0) is 6.54 Å². The fourth-order valence-electron chi connectivity index (χ4n) is 4.17. The number of carbonyl (C=O) groups is 1. The van der Waals surface area contributed by atoms with Gasteiger partial charge in [-0.15, -0.1) is 0 Å². The molecule has 3 aromatic heterocycles. The Morgan fingerprint density at radius 1 is 1.23 bits per heavy atom. The van der Waals surface area contributed by atoms with Crippen molar-refractivity contribution in [2.45, 2.75) is 45.7 Å². The van der Waals surface area contributed by atoms with Gasteiger partial charge in [0.2, 0.25) is 5.43 Å². The van der Waals surface area contributed by atoms with Crippen molar-refractivity contribution in [3.63, 3.8) is 0 Å². The maximum absolute atomic E-state index is 13.0. The van der Waals surface area contributed by atoms with Gasteiger partial charge in [0, 0.05) is 25.0 Å². The van der Waals surface area contributed by atoms with Crippen molar-refractivity contribution >= 4 is 16.9 Å². The zero-order valence-corrected chi connectivity index (χ0v) is 17.6. The summed E-state index contributed by atoms with van der Waals surface area (Å²) in [6, 6.07) is 7.32. The van der Waals surface area contributed by atoms with Crippen LogP contribution in [0, 0.1) is 6.92 Å². The molecular formula is C23H28N4O3. The van der Waals surface area contributed by atoms with E-state index in [4.69, 9.17) is 4.42 Å². The molecule has 0 unspecified atom stereocenters. The second kappa shape index (κ2) is 8.83. The van der Waals surface area contributed by atoms with Crippen LogP contribution in [-0.4, -0.2) is 40.0 Å². The highest BCUT2D eigenvalue weighted by Gasteiger charge is 2.26. The first-order chi connectivity index (χ1) is 14.6. The zero-order valence-electron chi connectivity index (χ0n) is 17.6. The minimum atomic E-state index is -0.363. The van der Waals surface area contributed by atoms with Crippen molar-refractivity contribution in [1.82, 2.24) is 19.8 Å². The Labute approximate surface area is 175 Å². The maximum atomic E-state index is 13.0. The Hall–Kier alpha value is -2.93. The van der Waals surface area contributed by atoms with Crippen molar-refractivity contribution in [3.8, 4) is 0 Å². The van der Waals surface area contributed by atoms with E-state index in [-0.39, 0.29) is 22.9 Å². The summed E-state index contributed by atoms with van der Waals surface area (Å²) < 4.78 is 7.50. The number of nitrogens with one attached hydrogen (secondary N) is 1. The highest BCUT2D eigenvalue weighted by Crippen LogP contribution is 2.24. The van der Waals surface area contributed by atoms with Crippen molar-refractivity contribution in [1.29, 1.82) is 0 Å². The molecule has 4 rings (SSSR count). The van der Waals surface area contributed by atoms with Crippen LogP contribution in [0.3, 0.4) is 0 Å². The Balaban J connectivity index is 1.60. The van der Waals surface area contributed by atoms with Crippen LogP contribution in [0.2, 0.25) is 0 Å². The second-order valence-corrected chi connectivity index (χ2v) is 7.82. The first-order valence-electron chi connectivity index (χ1n) is 10.6. The van der Waals surface area contributed by atoms with Gasteiger partial charge in [-0.05, 0) is 64.0 Å². The van der Waals surface area contributed by atoms with Gasteiger partial charge in [-0.1, -0.05) is 6.42 Å². The SMILES string of the molecule is CCn1cc(C(=O)NC[C@@H](c2ccco2)N2CCCCC2)c(=O)c2ccc(C)nc21. The minimum absolute atomic E-state index is 0.0394. The highest BCUT2D eigenvalue weighted by molar-refractivity contribution is 5.96. The lowest BCUT2D eigenvalue weighted by Crippen LogP contribution is -2.41. The van der Waals surface area contributed by atoms with Crippen LogP contribution in [0.1, 0.15) is 54.0 Å². The van der Waals surface area contributed by atoms with Crippen molar-refractivity contribution in [2.24, 2.45) is 0 Å². The van der Waals surface area contributed by atoms with Crippen LogP contribution in [0.5, 0.6) is 0 Å². The van der Waals surface area contributed by atoms with E-state index in [1.54, 1.807) is 24.6 Å². The average Bonchev–Trinajstić information content (AvgIpc) is 3.29. The summed E-state index contributed by atoms with van der Waals surface area (Å²) in [5.74, 6) is 0.472. The lowest BCUT2D eigenvalue weighted by atomic mass is 10.1. The molecule has 158 valence electrons. The number of nitrogens with zero attached hydrogens (tertiary/aromatic N) is 3. The number of rotatable bonds is 6. The maximum Gasteiger partial charge on any atom is 0.256 e. The summed E-state index contributed by atoms with van der Waals surface area (Å²) >= 11 is 0. The molecule has 30 heavy (non-hydrogen) atoms. The molecule has 1 amide bonds. The molecule has 7 heteroatoms. The molecule has 1 fully saturated rings. The molecule has 0 spiro atoms. The monoisotopic (exact) mass is 408 g/mol. The van der Waals surface area contributed by atoms with Gasteiger partial charge in [0.15, 0.2) is 0 Å². The molecule has 0 aliphatic carbocycles. The average molecular weight is 409 g/mol. The number of likely N-dealkylation sites (tertiary alicyclic amines) is 1. The van der Waals surface area contributed by atoms with Gasteiger partial charge in [0.1, 0.15) is 17.0 Å². The molecule has 1 atom stereocenters. The fourth-order valence-corrected chi connectivity index (χ4v) is 4.17. The number of hydrogen-bond acceptors (Lipinski definition) is 5. The standard InChI is InChI=1S/C23H28N4O3/c1-3-26-15-18(21(28)17-10-9-16(2)25-22(17)26)23(29)24-14-19(20-8-7-13-30-20)27-11-5-4-6-12-27/h7-10,13,15,19H,3-6,11-12,14H2,1-2H3,(H,24,29)/t19-/m0/s1. The third-order valence-corrected chi connectivity index (χ3v) is 5.80. The lowest BCUT2D eigenvalue weighted by Gasteiger charge is -2.33. The highest BCUT2D eigenvalue weighted by atomic mass is 16.3. The van der Waals surface area contributed by atoms with E-state index in [2.05, 4.69) is 15.2 Å². The van der Waals surface area contributed by atoms with Crippen LogP contribution in [0.4, 0.5) is 0 Å². The Morgan fingerprint density at radius 2 is 2.03 bits per heavy atom. The first-order valence-corrected chi connectivity index (χ1v) is 10.6. The van der Waals surface area contributed by atoms with E-state index < -0.39 is 0 Å². The van der Waals surface area contributed by atoms with E-state index >= 15 is 0 Å².